The summed E-state index contributed by atoms with van der Waals surface area (Å²) in [5, 5.41) is 16.1. The number of carbonyl (C=O) groups is 1. The predicted molar refractivity (Wildman–Crippen MR) is 79.5 cm³/mol. The van der Waals surface area contributed by atoms with Crippen LogP contribution >= 0.6 is 11.8 Å². The number of rotatable bonds is 4. The lowest BCUT2D eigenvalue weighted by molar-refractivity contribution is 0.179. The molecule has 2 aliphatic rings. The first kappa shape index (κ1) is 15.0. The van der Waals surface area contributed by atoms with Crippen LogP contribution in [0.5, 0.6) is 0 Å². The number of hydrogen-bond acceptors (Lipinski definition) is 3. The van der Waals surface area contributed by atoms with Gasteiger partial charge in [0.2, 0.25) is 0 Å². The first-order valence-corrected chi connectivity index (χ1v) is 8.61. The number of hydrogen-bond donors (Lipinski definition) is 3. The van der Waals surface area contributed by atoms with Gasteiger partial charge in [-0.25, -0.2) is 4.79 Å². The van der Waals surface area contributed by atoms with Gasteiger partial charge >= 0.3 is 6.03 Å². The summed E-state index contributed by atoms with van der Waals surface area (Å²) >= 11 is 1.96. The fraction of sp³-hybridized carbons (Fsp3) is 0.929. The Morgan fingerprint density at radius 3 is 2.74 bits per heavy atom. The zero-order chi connectivity index (χ0) is 13.5. The van der Waals surface area contributed by atoms with Gasteiger partial charge in [-0.3, -0.25) is 0 Å². The van der Waals surface area contributed by atoms with Gasteiger partial charge in [-0.1, -0.05) is 19.3 Å². The molecule has 0 radical (unpaired) electrons. The Balaban J connectivity index is 1.72. The van der Waals surface area contributed by atoms with E-state index < -0.39 is 0 Å². The highest BCUT2D eigenvalue weighted by Crippen LogP contribution is 2.25. The molecule has 3 N–H and O–H groups in total. The second-order valence-electron chi connectivity index (χ2n) is 5.68. The minimum absolute atomic E-state index is 0.0575. The van der Waals surface area contributed by atoms with Crippen molar-refractivity contribution in [1.29, 1.82) is 0 Å². The zero-order valence-corrected chi connectivity index (χ0v) is 12.4. The van der Waals surface area contributed by atoms with Crippen LogP contribution in [0.3, 0.4) is 0 Å². The van der Waals surface area contributed by atoms with Crippen LogP contribution in [0.1, 0.15) is 44.9 Å². The summed E-state index contributed by atoms with van der Waals surface area (Å²) in [4.78, 5) is 11.9. The Hall–Kier alpha value is -0.420. The number of amides is 2. The molecule has 1 saturated heterocycles. The third-order valence-electron chi connectivity index (χ3n) is 4.22. The van der Waals surface area contributed by atoms with Gasteiger partial charge in [0, 0.05) is 30.4 Å². The Bertz CT molecular complexity index is 283. The normalized spacial score (nSPS) is 31.7. The van der Waals surface area contributed by atoms with Crippen molar-refractivity contribution in [3.63, 3.8) is 0 Å². The van der Waals surface area contributed by atoms with E-state index >= 15 is 0 Å². The molecule has 5 heteroatoms. The predicted octanol–water partition coefficient (Wildman–Crippen LogP) is 2.12. The molecule has 1 saturated carbocycles. The maximum Gasteiger partial charge on any atom is 0.315 e. The van der Waals surface area contributed by atoms with Crippen LogP contribution in [0.25, 0.3) is 0 Å². The van der Waals surface area contributed by atoms with Crippen molar-refractivity contribution < 1.29 is 9.90 Å². The molecule has 4 nitrogen and oxygen atoms in total. The summed E-state index contributed by atoms with van der Waals surface area (Å²) in [6, 6.07) is 0.0848. The van der Waals surface area contributed by atoms with E-state index in [-0.39, 0.29) is 24.6 Å². The molecule has 3 unspecified atom stereocenters. The molecule has 2 rings (SSSR count). The lowest BCUT2D eigenvalue weighted by Crippen LogP contribution is -2.47. The Morgan fingerprint density at radius 2 is 2.00 bits per heavy atom. The van der Waals surface area contributed by atoms with Gasteiger partial charge in [-0.15, -0.1) is 0 Å². The maximum atomic E-state index is 11.9. The Morgan fingerprint density at radius 1 is 1.16 bits per heavy atom. The molecule has 1 aliphatic heterocycles. The lowest BCUT2D eigenvalue weighted by atomic mass is 9.96. The average molecular weight is 286 g/mol. The zero-order valence-electron chi connectivity index (χ0n) is 11.6. The van der Waals surface area contributed by atoms with Crippen LogP contribution in [0.15, 0.2) is 0 Å². The quantitative estimate of drug-likeness (QED) is 0.694. The molecule has 110 valence electrons. The van der Waals surface area contributed by atoms with E-state index in [2.05, 4.69) is 10.6 Å². The second kappa shape index (κ2) is 8.00. The van der Waals surface area contributed by atoms with Crippen molar-refractivity contribution >= 4 is 17.8 Å². The fourth-order valence-electron chi connectivity index (χ4n) is 3.02. The average Bonchev–Trinajstić information content (AvgIpc) is 2.83. The molecule has 0 aromatic carbocycles. The van der Waals surface area contributed by atoms with Crippen molar-refractivity contribution in [1.82, 2.24) is 10.6 Å². The highest BCUT2D eigenvalue weighted by molar-refractivity contribution is 8.00. The van der Waals surface area contributed by atoms with Crippen molar-refractivity contribution in [2.75, 3.05) is 18.9 Å². The molecule has 0 aromatic heterocycles. The van der Waals surface area contributed by atoms with Crippen molar-refractivity contribution in [3.05, 3.63) is 0 Å². The summed E-state index contributed by atoms with van der Waals surface area (Å²) in [5.74, 6) is 1.46. The summed E-state index contributed by atoms with van der Waals surface area (Å²) in [7, 11) is 0. The number of aliphatic hydroxyl groups excluding tert-OH is 1. The van der Waals surface area contributed by atoms with Crippen molar-refractivity contribution in [2.24, 2.45) is 5.92 Å². The van der Waals surface area contributed by atoms with Crippen LogP contribution < -0.4 is 10.6 Å². The number of urea groups is 1. The molecule has 2 fully saturated rings. The Labute approximate surface area is 120 Å². The number of thioether (sulfide) groups is 1. The first-order valence-electron chi connectivity index (χ1n) is 7.56. The molecule has 0 aromatic rings. The molecule has 1 heterocycles. The summed E-state index contributed by atoms with van der Waals surface area (Å²) in [5.41, 5.74) is 0. The largest absolute Gasteiger partial charge is 0.396 e. The standard InChI is InChI=1S/C14H26N2O2S/c17-10-11-5-2-1-3-7-13(11)16-14(18)15-9-12-6-4-8-19-12/h11-13,17H,1-10H2,(H2,15,16,18). The third kappa shape index (κ3) is 4.88. The molecule has 0 spiro atoms. The van der Waals surface area contributed by atoms with Gasteiger partial charge in [0.15, 0.2) is 0 Å². The van der Waals surface area contributed by atoms with E-state index in [1.54, 1.807) is 0 Å². The highest BCUT2D eigenvalue weighted by atomic mass is 32.2. The van der Waals surface area contributed by atoms with Gasteiger partial charge in [0.1, 0.15) is 0 Å². The first-order chi connectivity index (χ1) is 9.29. The highest BCUT2D eigenvalue weighted by Gasteiger charge is 2.25. The number of aliphatic hydroxyl groups is 1. The van der Waals surface area contributed by atoms with E-state index in [0.717, 1.165) is 25.8 Å². The van der Waals surface area contributed by atoms with Crippen LogP contribution in [0.2, 0.25) is 0 Å². The van der Waals surface area contributed by atoms with Gasteiger partial charge in [-0.05, 0) is 31.4 Å². The summed E-state index contributed by atoms with van der Waals surface area (Å²) < 4.78 is 0. The molecule has 0 bridgehead atoms. The summed E-state index contributed by atoms with van der Waals surface area (Å²) in [6.45, 7) is 0.955. The molecular formula is C14H26N2O2S. The minimum atomic E-state index is -0.0575. The number of nitrogens with one attached hydrogen (secondary N) is 2. The van der Waals surface area contributed by atoms with Gasteiger partial charge in [0.25, 0.3) is 0 Å². The summed E-state index contributed by atoms with van der Waals surface area (Å²) in [6.07, 6.45) is 8.05. The second-order valence-corrected chi connectivity index (χ2v) is 7.08. The topological polar surface area (TPSA) is 61.4 Å². The van der Waals surface area contributed by atoms with E-state index in [4.69, 9.17) is 0 Å². The van der Waals surface area contributed by atoms with Crippen molar-refractivity contribution in [2.45, 2.75) is 56.2 Å². The third-order valence-corrected chi connectivity index (χ3v) is 5.62. The SMILES string of the molecule is O=C(NCC1CCCS1)NC1CCCCCC1CO. The Kier molecular flexibility index (Phi) is 6.31. The molecule has 1 aliphatic carbocycles. The molecule has 19 heavy (non-hydrogen) atoms. The van der Waals surface area contributed by atoms with Gasteiger partial charge in [-0.2, -0.15) is 11.8 Å². The van der Waals surface area contributed by atoms with E-state index in [1.165, 1.54) is 31.4 Å². The van der Waals surface area contributed by atoms with E-state index in [0.29, 0.717) is 5.25 Å². The number of carbonyl (C=O) groups excluding carboxylic acids is 1. The monoisotopic (exact) mass is 286 g/mol. The van der Waals surface area contributed by atoms with Crippen LogP contribution in [-0.4, -0.2) is 41.3 Å². The minimum Gasteiger partial charge on any atom is -0.396 e. The maximum absolute atomic E-state index is 11.9. The van der Waals surface area contributed by atoms with Crippen LogP contribution in [0.4, 0.5) is 4.79 Å². The van der Waals surface area contributed by atoms with Crippen LogP contribution in [0, 0.1) is 5.92 Å². The molecular weight excluding hydrogens is 260 g/mol. The van der Waals surface area contributed by atoms with Gasteiger partial charge < -0.3 is 15.7 Å². The van der Waals surface area contributed by atoms with Crippen molar-refractivity contribution in [3.8, 4) is 0 Å². The smallest absolute Gasteiger partial charge is 0.315 e. The lowest BCUT2D eigenvalue weighted by Gasteiger charge is -2.25. The van der Waals surface area contributed by atoms with Gasteiger partial charge in [0.05, 0.1) is 0 Å². The van der Waals surface area contributed by atoms with E-state index in [1.807, 2.05) is 11.8 Å². The molecule has 2 amide bonds. The van der Waals surface area contributed by atoms with Crippen LogP contribution in [-0.2, 0) is 0 Å². The fourth-order valence-corrected chi connectivity index (χ4v) is 4.23. The van der Waals surface area contributed by atoms with E-state index in [9.17, 15) is 9.90 Å². The molecule has 3 atom stereocenters.